The van der Waals surface area contributed by atoms with Crippen molar-refractivity contribution in [2.45, 2.75) is 44.7 Å². The maximum Gasteiger partial charge on any atom is 0.260 e. The molecule has 158 valence electrons. The fraction of sp³-hybridized carbons (Fsp3) is 0.522. The maximum atomic E-state index is 13.2. The van der Waals surface area contributed by atoms with Gasteiger partial charge in [0.1, 0.15) is 5.56 Å². The molecule has 2 saturated heterocycles. The number of hydrogen-bond acceptors (Lipinski definition) is 4. The van der Waals surface area contributed by atoms with Crippen LogP contribution in [0.5, 0.6) is 0 Å². The molecule has 1 N–H and O–H groups in total. The Labute approximate surface area is 175 Å². The smallest absolute Gasteiger partial charge is 0.260 e. The summed E-state index contributed by atoms with van der Waals surface area (Å²) in [5, 5.41) is 0. The van der Waals surface area contributed by atoms with Crippen LogP contribution in [0.15, 0.2) is 40.1 Å². The molecular formula is C23H28N4O3. The molecule has 0 unspecified atom stereocenters. The lowest BCUT2D eigenvalue weighted by atomic mass is 9.82. The summed E-state index contributed by atoms with van der Waals surface area (Å²) in [5.74, 6) is 0.163. The largest absolute Gasteiger partial charge is 0.337 e. The van der Waals surface area contributed by atoms with Crippen LogP contribution in [0.25, 0.3) is 0 Å². The number of nitrogens with one attached hydrogen (secondary N) is 1. The predicted molar refractivity (Wildman–Crippen MR) is 114 cm³/mol. The van der Waals surface area contributed by atoms with Crippen LogP contribution in [0.3, 0.4) is 0 Å². The van der Waals surface area contributed by atoms with E-state index in [4.69, 9.17) is 0 Å². The van der Waals surface area contributed by atoms with Gasteiger partial charge in [0.05, 0.1) is 0 Å². The van der Waals surface area contributed by atoms with Crippen LogP contribution in [0.1, 0.15) is 53.2 Å². The SMILES string of the molecule is O=C(c1ccc[nH]c1=O)N1C[C@@H]2C[C@H](C1)c1ccc(CN3CCCCC3)c(=O)n1C2. The number of H-pyrrole nitrogens is 1. The third kappa shape index (κ3) is 3.51. The second-order valence-electron chi connectivity index (χ2n) is 8.96. The van der Waals surface area contributed by atoms with Gasteiger partial charge in [-0.05, 0) is 56.5 Å². The van der Waals surface area contributed by atoms with Crippen molar-refractivity contribution >= 4 is 5.91 Å². The molecule has 0 saturated carbocycles. The highest BCUT2D eigenvalue weighted by molar-refractivity contribution is 5.93. The summed E-state index contributed by atoms with van der Waals surface area (Å²) in [4.78, 5) is 44.9. The first-order valence-electron chi connectivity index (χ1n) is 11.0. The van der Waals surface area contributed by atoms with Crippen LogP contribution in [0.2, 0.25) is 0 Å². The van der Waals surface area contributed by atoms with Gasteiger partial charge in [-0.15, -0.1) is 0 Å². The summed E-state index contributed by atoms with van der Waals surface area (Å²) >= 11 is 0. The van der Waals surface area contributed by atoms with E-state index in [0.29, 0.717) is 19.6 Å². The lowest BCUT2D eigenvalue weighted by Crippen LogP contribution is -2.50. The molecule has 7 nitrogen and oxygen atoms in total. The van der Waals surface area contributed by atoms with Crippen LogP contribution in [-0.4, -0.2) is 51.4 Å². The van der Waals surface area contributed by atoms with Crippen molar-refractivity contribution in [3.63, 3.8) is 0 Å². The summed E-state index contributed by atoms with van der Waals surface area (Å²) in [5.41, 5.74) is 1.87. The highest BCUT2D eigenvalue weighted by Crippen LogP contribution is 2.35. The molecule has 5 rings (SSSR count). The van der Waals surface area contributed by atoms with E-state index in [1.54, 1.807) is 17.0 Å². The number of rotatable bonds is 3. The molecule has 3 aliphatic rings. The van der Waals surface area contributed by atoms with Crippen molar-refractivity contribution in [2.75, 3.05) is 26.2 Å². The molecule has 30 heavy (non-hydrogen) atoms. The van der Waals surface area contributed by atoms with E-state index in [1.807, 2.05) is 10.6 Å². The van der Waals surface area contributed by atoms with Crippen molar-refractivity contribution in [1.82, 2.24) is 19.4 Å². The minimum absolute atomic E-state index is 0.132. The Bertz CT molecular complexity index is 1070. The van der Waals surface area contributed by atoms with Gasteiger partial charge in [0, 0.05) is 49.6 Å². The van der Waals surface area contributed by atoms with E-state index in [1.165, 1.54) is 25.5 Å². The first-order valence-corrected chi connectivity index (χ1v) is 11.0. The molecule has 7 heteroatoms. The van der Waals surface area contributed by atoms with Crippen LogP contribution in [0, 0.1) is 5.92 Å². The lowest BCUT2D eigenvalue weighted by Gasteiger charge is -2.43. The fourth-order valence-electron chi connectivity index (χ4n) is 5.40. The quantitative estimate of drug-likeness (QED) is 0.840. The van der Waals surface area contributed by atoms with Crippen molar-refractivity contribution < 1.29 is 4.79 Å². The van der Waals surface area contributed by atoms with E-state index in [-0.39, 0.29) is 34.4 Å². The number of carbonyl (C=O) groups is 1. The Morgan fingerprint density at radius 3 is 2.67 bits per heavy atom. The number of carbonyl (C=O) groups excluding carboxylic acids is 1. The maximum absolute atomic E-state index is 13.2. The van der Waals surface area contributed by atoms with Crippen molar-refractivity contribution in [1.29, 1.82) is 0 Å². The average molecular weight is 409 g/mol. The molecule has 2 aromatic rings. The van der Waals surface area contributed by atoms with E-state index < -0.39 is 0 Å². The Kier molecular flexibility index (Phi) is 5.06. The summed E-state index contributed by atoms with van der Waals surface area (Å²) in [6.07, 6.45) is 6.23. The molecule has 0 aliphatic carbocycles. The van der Waals surface area contributed by atoms with Gasteiger partial charge in [0.15, 0.2) is 0 Å². The zero-order chi connectivity index (χ0) is 20.7. The monoisotopic (exact) mass is 408 g/mol. The molecule has 2 atom stereocenters. The third-order valence-corrected chi connectivity index (χ3v) is 6.86. The van der Waals surface area contributed by atoms with Gasteiger partial charge in [-0.25, -0.2) is 0 Å². The first-order chi connectivity index (χ1) is 14.6. The Morgan fingerprint density at radius 1 is 1.03 bits per heavy atom. The standard InChI is InChI=1S/C23H28N4O3/c28-21-19(5-4-8-24-21)23(30)26-12-16-11-18(15-26)20-7-6-17(22(29)27(20)13-16)14-25-9-2-1-3-10-25/h4-8,16,18H,1-3,9-15H2,(H,24,28)/t16-,18+/m0/s1. The van der Waals surface area contributed by atoms with Crippen LogP contribution < -0.4 is 11.1 Å². The van der Waals surface area contributed by atoms with Gasteiger partial charge in [-0.1, -0.05) is 12.5 Å². The molecule has 0 spiro atoms. The van der Waals surface area contributed by atoms with E-state index in [2.05, 4.69) is 16.0 Å². The van der Waals surface area contributed by atoms with E-state index >= 15 is 0 Å². The van der Waals surface area contributed by atoms with E-state index in [0.717, 1.165) is 37.3 Å². The summed E-state index contributed by atoms with van der Waals surface area (Å²) in [7, 11) is 0. The van der Waals surface area contributed by atoms with Crippen LogP contribution >= 0.6 is 0 Å². The third-order valence-electron chi connectivity index (χ3n) is 6.86. The molecule has 2 fully saturated rings. The molecule has 0 radical (unpaired) electrons. The number of aromatic nitrogens is 2. The Morgan fingerprint density at radius 2 is 1.87 bits per heavy atom. The van der Waals surface area contributed by atoms with Crippen molar-refractivity contribution in [3.05, 3.63) is 68.0 Å². The topological polar surface area (TPSA) is 78.4 Å². The van der Waals surface area contributed by atoms with Crippen molar-refractivity contribution in [3.8, 4) is 0 Å². The number of hydrogen-bond donors (Lipinski definition) is 1. The molecule has 1 amide bonds. The average Bonchev–Trinajstić information content (AvgIpc) is 2.76. The summed E-state index contributed by atoms with van der Waals surface area (Å²) in [6, 6.07) is 7.34. The molecule has 2 aromatic heterocycles. The number of piperidine rings is 2. The molecule has 0 aromatic carbocycles. The highest BCUT2D eigenvalue weighted by Gasteiger charge is 2.37. The summed E-state index contributed by atoms with van der Waals surface area (Å²) < 4.78 is 1.95. The number of amides is 1. The summed E-state index contributed by atoms with van der Waals surface area (Å²) in [6.45, 7) is 4.66. The van der Waals surface area contributed by atoms with Crippen LogP contribution in [-0.2, 0) is 13.1 Å². The number of nitrogens with zero attached hydrogens (tertiary/aromatic N) is 3. The number of aromatic amines is 1. The van der Waals surface area contributed by atoms with Gasteiger partial charge in [0.2, 0.25) is 0 Å². The Balaban J connectivity index is 1.38. The lowest BCUT2D eigenvalue weighted by molar-refractivity contribution is 0.0592. The van der Waals surface area contributed by atoms with Gasteiger partial charge in [0.25, 0.3) is 17.0 Å². The zero-order valence-corrected chi connectivity index (χ0v) is 17.2. The van der Waals surface area contributed by atoms with Gasteiger partial charge in [-0.2, -0.15) is 0 Å². The minimum atomic E-state index is -0.350. The Hall–Kier alpha value is -2.67. The second-order valence-corrected chi connectivity index (χ2v) is 8.96. The normalized spacial score (nSPS) is 23.8. The first kappa shape index (κ1) is 19.3. The second kappa shape index (κ2) is 7.87. The minimum Gasteiger partial charge on any atom is -0.337 e. The van der Waals surface area contributed by atoms with Crippen LogP contribution in [0.4, 0.5) is 0 Å². The number of likely N-dealkylation sites (tertiary alicyclic amines) is 2. The molecule has 5 heterocycles. The van der Waals surface area contributed by atoms with Gasteiger partial charge < -0.3 is 14.5 Å². The van der Waals surface area contributed by atoms with Crippen molar-refractivity contribution in [2.24, 2.45) is 5.92 Å². The number of pyridine rings is 2. The van der Waals surface area contributed by atoms with Gasteiger partial charge >= 0.3 is 0 Å². The van der Waals surface area contributed by atoms with E-state index in [9.17, 15) is 14.4 Å². The van der Waals surface area contributed by atoms with Gasteiger partial charge in [-0.3, -0.25) is 19.3 Å². The fourth-order valence-corrected chi connectivity index (χ4v) is 5.40. The molecule has 3 aliphatic heterocycles. The predicted octanol–water partition coefficient (Wildman–Crippen LogP) is 1.78. The number of fused-ring (bicyclic) bond motifs is 4. The molecule has 2 bridgehead atoms. The highest BCUT2D eigenvalue weighted by atomic mass is 16.2. The zero-order valence-electron chi connectivity index (χ0n) is 17.2. The molecular weight excluding hydrogens is 380 g/mol.